The minimum absolute atomic E-state index is 0.157. The van der Waals surface area contributed by atoms with Gasteiger partial charge in [0.1, 0.15) is 0 Å². The maximum absolute atomic E-state index is 6.06. The maximum atomic E-state index is 6.06. The number of benzene rings is 1. The lowest BCUT2D eigenvalue weighted by Gasteiger charge is -2.35. The fraction of sp³-hybridized carbons (Fsp3) is 0.625. The van der Waals surface area contributed by atoms with Crippen molar-refractivity contribution >= 4 is 0 Å². The van der Waals surface area contributed by atoms with Crippen molar-refractivity contribution in [3.05, 3.63) is 23.8 Å². The smallest absolute Gasteiger partial charge is 0.231 e. The van der Waals surface area contributed by atoms with Crippen LogP contribution >= 0.6 is 0 Å². The zero-order valence-electron chi connectivity index (χ0n) is 13.2. The molecule has 5 nitrogen and oxygen atoms in total. The summed E-state index contributed by atoms with van der Waals surface area (Å²) in [5.41, 5.74) is 7.23. The molecule has 1 aliphatic rings. The van der Waals surface area contributed by atoms with E-state index >= 15 is 0 Å². The molecule has 1 heterocycles. The fourth-order valence-corrected chi connectivity index (χ4v) is 2.70. The van der Waals surface area contributed by atoms with Gasteiger partial charge in [-0.2, -0.15) is 0 Å². The van der Waals surface area contributed by atoms with E-state index in [1.54, 1.807) is 7.11 Å². The van der Waals surface area contributed by atoms with Crippen molar-refractivity contribution < 1.29 is 14.2 Å². The second-order valence-corrected chi connectivity index (χ2v) is 5.35. The zero-order valence-corrected chi connectivity index (χ0v) is 13.2. The summed E-state index contributed by atoms with van der Waals surface area (Å²) in [6.07, 6.45) is 1.07. The molecule has 0 spiro atoms. The molecule has 118 valence electrons. The lowest BCUT2D eigenvalue weighted by atomic mass is 10.0. The summed E-state index contributed by atoms with van der Waals surface area (Å²) in [4.78, 5) is 2.40. The first-order chi connectivity index (χ1) is 10.2. The zero-order chi connectivity index (χ0) is 15.2. The van der Waals surface area contributed by atoms with E-state index in [1.807, 2.05) is 12.1 Å². The lowest BCUT2D eigenvalue weighted by molar-refractivity contribution is 0.0901. The van der Waals surface area contributed by atoms with Crippen molar-refractivity contribution in [2.24, 2.45) is 5.73 Å². The lowest BCUT2D eigenvalue weighted by Crippen LogP contribution is -2.41. The molecule has 0 aromatic heterocycles. The minimum atomic E-state index is 0.157. The second kappa shape index (κ2) is 7.64. The van der Waals surface area contributed by atoms with Crippen LogP contribution in [0.5, 0.6) is 11.5 Å². The van der Waals surface area contributed by atoms with E-state index in [0.29, 0.717) is 26.0 Å². The van der Waals surface area contributed by atoms with Crippen molar-refractivity contribution in [3.8, 4) is 11.5 Å². The summed E-state index contributed by atoms with van der Waals surface area (Å²) in [6, 6.07) is 6.68. The Morgan fingerprint density at radius 3 is 2.76 bits per heavy atom. The van der Waals surface area contributed by atoms with Crippen LogP contribution in [0.15, 0.2) is 18.2 Å². The van der Waals surface area contributed by atoms with E-state index < -0.39 is 0 Å². The predicted molar refractivity (Wildman–Crippen MR) is 82.7 cm³/mol. The molecule has 0 amide bonds. The van der Waals surface area contributed by atoms with E-state index in [1.165, 1.54) is 0 Å². The first-order valence-corrected chi connectivity index (χ1v) is 7.55. The highest BCUT2D eigenvalue weighted by Crippen LogP contribution is 2.35. The molecular weight excluding hydrogens is 268 g/mol. The second-order valence-electron chi connectivity index (χ2n) is 5.35. The molecule has 2 atom stereocenters. The molecule has 1 aromatic carbocycles. The van der Waals surface area contributed by atoms with Gasteiger partial charge in [-0.05, 0) is 31.0 Å². The van der Waals surface area contributed by atoms with E-state index in [-0.39, 0.29) is 6.04 Å². The highest BCUT2D eigenvalue weighted by atomic mass is 16.7. The molecule has 0 saturated heterocycles. The quantitative estimate of drug-likeness (QED) is 0.796. The number of nitrogens with zero attached hydrogens (tertiary/aromatic N) is 1. The molecule has 0 fully saturated rings. The molecular formula is C16H26N2O3. The Morgan fingerprint density at radius 2 is 2.10 bits per heavy atom. The minimum Gasteiger partial charge on any atom is -0.454 e. The van der Waals surface area contributed by atoms with Crippen LogP contribution in [0.3, 0.4) is 0 Å². The van der Waals surface area contributed by atoms with Gasteiger partial charge < -0.3 is 19.9 Å². The number of hydrogen-bond donors (Lipinski definition) is 1. The van der Waals surface area contributed by atoms with Gasteiger partial charge in [0.2, 0.25) is 6.79 Å². The Morgan fingerprint density at radius 1 is 1.33 bits per heavy atom. The number of methoxy groups -OCH3 is 1. The van der Waals surface area contributed by atoms with Crippen molar-refractivity contribution in [2.75, 3.05) is 33.6 Å². The predicted octanol–water partition coefficient (Wildman–Crippen LogP) is 2.16. The number of fused-ring (bicyclic) bond motifs is 1. The fourth-order valence-electron chi connectivity index (χ4n) is 2.70. The van der Waals surface area contributed by atoms with Gasteiger partial charge >= 0.3 is 0 Å². The van der Waals surface area contributed by atoms with Gasteiger partial charge in [-0.15, -0.1) is 0 Å². The third-order valence-electron chi connectivity index (χ3n) is 4.12. The third-order valence-corrected chi connectivity index (χ3v) is 4.12. The van der Waals surface area contributed by atoms with Crippen molar-refractivity contribution in [1.82, 2.24) is 4.90 Å². The summed E-state index contributed by atoms with van der Waals surface area (Å²) in [7, 11) is 1.73. The Balaban J connectivity index is 2.22. The molecule has 0 radical (unpaired) electrons. The van der Waals surface area contributed by atoms with Gasteiger partial charge in [0.25, 0.3) is 0 Å². The van der Waals surface area contributed by atoms with Crippen molar-refractivity contribution in [3.63, 3.8) is 0 Å². The summed E-state index contributed by atoms with van der Waals surface area (Å²) < 4.78 is 16.1. The molecule has 0 bridgehead atoms. The molecule has 21 heavy (non-hydrogen) atoms. The van der Waals surface area contributed by atoms with Crippen molar-refractivity contribution in [2.45, 2.75) is 32.4 Å². The standard InChI is InChI=1S/C16H26N2O3/c1-4-12(2)18(7-8-19-3)14(10-17)13-5-6-15-16(9-13)21-11-20-15/h5-6,9,12,14H,4,7-8,10-11,17H2,1-3H3. The summed E-state index contributed by atoms with van der Waals surface area (Å²) >= 11 is 0. The van der Waals surface area contributed by atoms with Crippen molar-refractivity contribution in [1.29, 1.82) is 0 Å². The van der Waals surface area contributed by atoms with E-state index in [2.05, 4.69) is 24.8 Å². The Labute approximate surface area is 127 Å². The average Bonchev–Trinajstić information content (AvgIpc) is 2.98. The van der Waals surface area contributed by atoms with Gasteiger partial charge in [0, 0.05) is 32.3 Å². The molecule has 2 N–H and O–H groups in total. The van der Waals surface area contributed by atoms with Crippen LogP contribution in [-0.2, 0) is 4.74 Å². The van der Waals surface area contributed by atoms with Gasteiger partial charge in [-0.1, -0.05) is 13.0 Å². The molecule has 0 saturated carbocycles. The monoisotopic (exact) mass is 294 g/mol. The number of nitrogens with two attached hydrogens (primary N) is 1. The molecule has 1 aliphatic heterocycles. The normalized spacial score (nSPS) is 16.2. The van der Waals surface area contributed by atoms with Gasteiger partial charge in [-0.3, -0.25) is 4.90 Å². The third kappa shape index (κ3) is 3.67. The number of hydrogen-bond acceptors (Lipinski definition) is 5. The van der Waals surface area contributed by atoms with Gasteiger partial charge in [0.05, 0.1) is 6.61 Å². The SMILES string of the molecule is CCC(C)N(CCOC)C(CN)c1ccc2c(c1)OCO2. The first kappa shape index (κ1) is 16.1. The Bertz CT molecular complexity index is 453. The number of ether oxygens (including phenoxy) is 3. The van der Waals surface area contributed by atoms with Crippen LogP contribution < -0.4 is 15.2 Å². The van der Waals surface area contributed by atoms with Gasteiger partial charge in [0.15, 0.2) is 11.5 Å². The van der Waals surface area contributed by atoms with Crippen LogP contribution in [0.25, 0.3) is 0 Å². The Hall–Kier alpha value is -1.30. The summed E-state index contributed by atoms with van der Waals surface area (Å²) in [6.45, 7) is 6.84. The molecule has 0 aliphatic carbocycles. The topological polar surface area (TPSA) is 57.0 Å². The number of rotatable bonds is 8. The van der Waals surface area contributed by atoms with E-state index in [9.17, 15) is 0 Å². The average molecular weight is 294 g/mol. The van der Waals surface area contributed by atoms with E-state index in [4.69, 9.17) is 19.9 Å². The summed E-state index contributed by atoms with van der Waals surface area (Å²) in [5.74, 6) is 1.61. The van der Waals surface area contributed by atoms with Crippen LogP contribution in [0.4, 0.5) is 0 Å². The first-order valence-electron chi connectivity index (χ1n) is 7.55. The Kier molecular flexibility index (Phi) is 5.85. The van der Waals surface area contributed by atoms with Crippen LogP contribution in [0, 0.1) is 0 Å². The molecule has 2 rings (SSSR count). The molecule has 2 unspecified atom stereocenters. The van der Waals surface area contributed by atoms with Crippen LogP contribution in [-0.4, -0.2) is 44.5 Å². The largest absolute Gasteiger partial charge is 0.454 e. The molecule has 1 aromatic rings. The molecule has 5 heteroatoms. The maximum Gasteiger partial charge on any atom is 0.231 e. The van der Waals surface area contributed by atoms with Crippen LogP contribution in [0.1, 0.15) is 31.9 Å². The highest BCUT2D eigenvalue weighted by Gasteiger charge is 2.25. The highest BCUT2D eigenvalue weighted by molar-refractivity contribution is 5.45. The van der Waals surface area contributed by atoms with E-state index in [0.717, 1.165) is 30.0 Å². The van der Waals surface area contributed by atoms with Gasteiger partial charge in [-0.25, -0.2) is 0 Å². The summed E-state index contributed by atoms with van der Waals surface area (Å²) in [5, 5.41) is 0. The van der Waals surface area contributed by atoms with Crippen LogP contribution in [0.2, 0.25) is 0 Å².